The van der Waals surface area contributed by atoms with E-state index in [0.29, 0.717) is 19.5 Å². The van der Waals surface area contributed by atoms with Gasteiger partial charge in [0, 0.05) is 49.0 Å². The number of H-pyrrole nitrogens is 1. The number of aryl methyl sites for hydroxylation is 1. The van der Waals surface area contributed by atoms with Crippen LogP contribution in [0.2, 0.25) is 0 Å². The van der Waals surface area contributed by atoms with E-state index >= 15 is 0 Å². The molecule has 0 atom stereocenters. The van der Waals surface area contributed by atoms with Crippen molar-refractivity contribution in [1.82, 2.24) is 30.4 Å². The number of carbonyl (C=O) groups is 1. The molecule has 3 heterocycles. The van der Waals surface area contributed by atoms with Crippen LogP contribution in [0.5, 0.6) is 0 Å². The van der Waals surface area contributed by atoms with Gasteiger partial charge in [0.15, 0.2) is 0 Å². The fourth-order valence-electron chi connectivity index (χ4n) is 3.29. The Morgan fingerprint density at radius 1 is 1.41 bits per heavy atom. The first-order valence-corrected chi connectivity index (χ1v) is 9.97. The monoisotopic (exact) mass is 382 g/mol. The third kappa shape index (κ3) is 4.00. The van der Waals surface area contributed by atoms with E-state index in [0.717, 1.165) is 34.8 Å². The molecule has 0 aliphatic heterocycles. The molecule has 0 radical (unpaired) electrons. The molecule has 2 amide bonds. The molecule has 0 aromatic carbocycles. The minimum absolute atomic E-state index is 0.0903. The van der Waals surface area contributed by atoms with Crippen molar-refractivity contribution in [2.45, 2.75) is 32.2 Å². The number of amides is 2. The Morgan fingerprint density at radius 2 is 2.33 bits per heavy atom. The van der Waals surface area contributed by atoms with Crippen molar-refractivity contribution in [2.24, 2.45) is 0 Å². The number of urea groups is 1. The Hall–Kier alpha value is -2.74. The third-order valence-corrected chi connectivity index (χ3v) is 5.68. The summed E-state index contributed by atoms with van der Waals surface area (Å²) in [6.45, 7) is 1.08. The van der Waals surface area contributed by atoms with E-state index < -0.39 is 0 Å². The van der Waals surface area contributed by atoms with E-state index in [1.54, 1.807) is 29.5 Å². The Kier molecular flexibility index (Phi) is 5.15. The molecule has 27 heavy (non-hydrogen) atoms. The topological polar surface area (TPSA) is 86.8 Å². The molecule has 0 saturated carbocycles. The fourth-order valence-corrected chi connectivity index (χ4v) is 4.14. The van der Waals surface area contributed by atoms with E-state index in [1.165, 1.54) is 17.7 Å². The molecular formula is C19H22N6OS. The minimum Gasteiger partial charge on any atom is -0.338 e. The van der Waals surface area contributed by atoms with Crippen LogP contribution in [0.3, 0.4) is 0 Å². The van der Waals surface area contributed by atoms with Crippen molar-refractivity contribution in [3.05, 3.63) is 52.6 Å². The summed E-state index contributed by atoms with van der Waals surface area (Å²) in [5, 5.41) is 13.4. The molecule has 2 N–H and O–H groups in total. The van der Waals surface area contributed by atoms with Crippen LogP contribution in [-0.4, -0.2) is 44.7 Å². The van der Waals surface area contributed by atoms with Gasteiger partial charge < -0.3 is 10.2 Å². The molecule has 0 saturated heterocycles. The lowest BCUT2D eigenvalue weighted by Gasteiger charge is -2.17. The van der Waals surface area contributed by atoms with Crippen LogP contribution in [0.25, 0.3) is 10.6 Å². The summed E-state index contributed by atoms with van der Waals surface area (Å²) in [7, 11) is 1.80. The first-order chi connectivity index (χ1) is 13.2. The first kappa shape index (κ1) is 17.7. The second-order valence-electron chi connectivity index (χ2n) is 6.70. The summed E-state index contributed by atoms with van der Waals surface area (Å²) >= 11 is 1.60. The van der Waals surface area contributed by atoms with Crippen LogP contribution >= 0.6 is 11.3 Å². The average molecular weight is 382 g/mol. The summed E-state index contributed by atoms with van der Waals surface area (Å²) in [6.07, 6.45) is 7.55. The number of carbonyl (C=O) groups excluding carboxylic acids is 1. The molecular weight excluding hydrogens is 360 g/mol. The van der Waals surface area contributed by atoms with Gasteiger partial charge in [0.2, 0.25) is 0 Å². The lowest BCUT2D eigenvalue weighted by molar-refractivity contribution is 0.206. The SMILES string of the molecule is CN(Cc1n[nH]c2c1CCC2)C(=O)NCCc1csc(-c2cccnc2)n1. The maximum atomic E-state index is 12.3. The number of nitrogens with one attached hydrogen (secondary N) is 2. The zero-order valence-corrected chi connectivity index (χ0v) is 16.1. The van der Waals surface area contributed by atoms with Crippen molar-refractivity contribution in [1.29, 1.82) is 0 Å². The molecule has 4 rings (SSSR count). The lowest BCUT2D eigenvalue weighted by Crippen LogP contribution is -2.38. The number of hydrogen-bond donors (Lipinski definition) is 2. The van der Waals surface area contributed by atoms with Crippen molar-refractivity contribution in [3.8, 4) is 10.6 Å². The van der Waals surface area contributed by atoms with Gasteiger partial charge in [-0.3, -0.25) is 10.1 Å². The predicted octanol–water partition coefficient (Wildman–Crippen LogP) is 2.80. The van der Waals surface area contributed by atoms with Crippen molar-refractivity contribution >= 4 is 17.4 Å². The molecule has 7 nitrogen and oxygen atoms in total. The quantitative estimate of drug-likeness (QED) is 0.686. The van der Waals surface area contributed by atoms with Crippen molar-refractivity contribution in [3.63, 3.8) is 0 Å². The highest BCUT2D eigenvalue weighted by Gasteiger charge is 2.20. The van der Waals surface area contributed by atoms with Gasteiger partial charge in [-0.25, -0.2) is 9.78 Å². The summed E-state index contributed by atoms with van der Waals surface area (Å²) in [6, 6.07) is 3.81. The number of nitrogens with zero attached hydrogens (tertiary/aromatic N) is 4. The second kappa shape index (κ2) is 7.87. The summed E-state index contributed by atoms with van der Waals surface area (Å²) < 4.78 is 0. The van der Waals surface area contributed by atoms with Gasteiger partial charge in [-0.2, -0.15) is 5.10 Å². The van der Waals surface area contributed by atoms with Gasteiger partial charge in [-0.05, 0) is 37.0 Å². The van der Waals surface area contributed by atoms with E-state index in [1.807, 2.05) is 23.7 Å². The Balaban J connectivity index is 1.26. The van der Waals surface area contributed by atoms with Crippen LogP contribution in [0.4, 0.5) is 4.79 Å². The predicted molar refractivity (Wildman–Crippen MR) is 105 cm³/mol. The highest BCUT2D eigenvalue weighted by atomic mass is 32.1. The number of thiazole rings is 1. The summed E-state index contributed by atoms with van der Waals surface area (Å²) in [4.78, 5) is 22.8. The number of aromatic amines is 1. The Labute approximate surface area is 161 Å². The first-order valence-electron chi connectivity index (χ1n) is 9.09. The summed E-state index contributed by atoms with van der Waals surface area (Å²) in [5.41, 5.74) is 5.50. The molecule has 1 aliphatic carbocycles. The van der Waals surface area contributed by atoms with Crippen LogP contribution in [0.1, 0.15) is 29.1 Å². The Morgan fingerprint density at radius 3 is 3.19 bits per heavy atom. The van der Waals surface area contributed by atoms with Gasteiger partial charge in [0.25, 0.3) is 0 Å². The average Bonchev–Trinajstić information content (AvgIpc) is 3.41. The molecule has 3 aromatic rings. The smallest absolute Gasteiger partial charge is 0.317 e. The number of aromatic nitrogens is 4. The van der Waals surface area contributed by atoms with Crippen LogP contribution in [0.15, 0.2) is 29.9 Å². The largest absolute Gasteiger partial charge is 0.338 e. The van der Waals surface area contributed by atoms with Gasteiger partial charge in [0.1, 0.15) is 5.01 Å². The zero-order chi connectivity index (χ0) is 18.6. The second-order valence-corrected chi connectivity index (χ2v) is 7.56. The molecule has 0 spiro atoms. The zero-order valence-electron chi connectivity index (χ0n) is 15.2. The van der Waals surface area contributed by atoms with Crippen LogP contribution in [-0.2, 0) is 25.8 Å². The van der Waals surface area contributed by atoms with Gasteiger partial charge in [-0.15, -0.1) is 11.3 Å². The maximum absolute atomic E-state index is 12.3. The third-order valence-electron chi connectivity index (χ3n) is 4.74. The molecule has 3 aromatic heterocycles. The van der Waals surface area contributed by atoms with Crippen LogP contribution < -0.4 is 5.32 Å². The van der Waals surface area contributed by atoms with E-state index in [4.69, 9.17) is 0 Å². The standard InChI is InChI=1S/C19H22N6OS/c1-25(11-17-15-5-2-6-16(15)23-24-17)19(26)21-9-7-14-12-27-18(22-14)13-4-3-8-20-10-13/h3-4,8,10,12H,2,5-7,9,11H2,1H3,(H,21,26)(H,23,24). The highest BCUT2D eigenvalue weighted by molar-refractivity contribution is 7.13. The number of pyridine rings is 1. The van der Waals surface area contributed by atoms with E-state index in [9.17, 15) is 4.79 Å². The number of rotatable bonds is 6. The molecule has 8 heteroatoms. The van der Waals surface area contributed by atoms with Gasteiger partial charge in [0.05, 0.1) is 17.9 Å². The number of hydrogen-bond acceptors (Lipinski definition) is 5. The molecule has 0 fully saturated rings. The molecule has 0 bridgehead atoms. The normalized spacial score (nSPS) is 12.8. The van der Waals surface area contributed by atoms with Gasteiger partial charge >= 0.3 is 6.03 Å². The lowest BCUT2D eigenvalue weighted by atomic mass is 10.2. The fraction of sp³-hybridized carbons (Fsp3) is 0.368. The number of fused-ring (bicyclic) bond motifs is 1. The van der Waals surface area contributed by atoms with Gasteiger partial charge in [-0.1, -0.05) is 0 Å². The minimum atomic E-state index is -0.0903. The summed E-state index contributed by atoms with van der Waals surface area (Å²) in [5.74, 6) is 0. The van der Waals surface area contributed by atoms with E-state index in [-0.39, 0.29) is 6.03 Å². The molecule has 0 unspecified atom stereocenters. The maximum Gasteiger partial charge on any atom is 0.317 e. The van der Waals surface area contributed by atoms with E-state index in [2.05, 4.69) is 25.5 Å². The Bertz CT molecular complexity index is 919. The van der Waals surface area contributed by atoms with Crippen LogP contribution in [0, 0.1) is 0 Å². The van der Waals surface area contributed by atoms with Crippen molar-refractivity contribution < 1.29 is 4.79 Å². The van der Waals surface area contributed by atoms with Crippen molar-refractivity contribution in [2.75, 3.05) is 13.6 Å². The molecule has 1 aliphatic rings. The molecule has 140 valence electrons. The highest BCUT2D eigenvalue weighted by Crippen LogP contribution is 2.24.